The normalized spacial score (nSPS) is 12.8. The maximum absolute atomic E-state index is 12.0. The molecule has 1 fully saturated rings. The van der Waals surface area contributed by atoms with Gasteiger partial charge in [0.05, 0.1) is 29.6 Å². The number of Topliss-reactive ketones (excluding diaryl/α,β-unsaturated/α-hetero) is 1. The van der Waals surface area contributed by atoms with Gasteiger partial charge in [0.25, 0.3) is 0 Å². The molecule has 1 heterocycles. The van der Waals surface area contributed by atoms with Gasteiger partial charge in [-0.1, -0.05) is 6.07 Å². The van der Waals surface area contributed by atoms with E-state index < -0.39 is 0 Å². The highest BCUT2D eigenvalue weighted by atomic mass is 16.5. The van der Waals surface area contributed by atoms with Crippen molar-refractivity contribution in [2.24, 2.45) is 5.92 Å². The lowest BCUT2D eigenvalue weighted by molar-refractivity contribution is -0.117. The summed E-state index contributed by atoms with van der Waals surface area (Å²) in [5.41, 5.74) is 1.77. The predicted octanol–water partition coefficient (Wildman–Crippen LogP) is 3.26. The van der Waals surface area contributed by atoms with Gasteiger partial charge in [0, 0.05) is 18.2 Å². The Labute approximate surface area is 151 Å². The molecule has 1 amide bonds. The number of carbonyl (C=O) groups excluding carboxylic acids is 2. The third kappa shape index (κ3) is 3.64. The van der Waals surface area contributed by atoms with Crippen molar-refractivity contribution >= 4 is 28.9 Å². The quantitative estimate of drug-likeness (QED) is 0.775. The molecule has 0 unspecified atom stereocenters. The van der Waals surface area contributed by atoms with Crippen molar-refractivity contribution in [2.45, 2.75) is 19.8 Å². The van der Waals surface area contributed by atoms with Crippen LogP contribution in [-0.4, -0.2) is 23.8 Å². The molecule has 1 aromatic carbocycles. The zero-order chi connectivity index (χ0) is 18.7. The van der Waals surface area contributed by atoms with Crippen LogP contribution in [0.4, 0.5) is 17.2 Å². The summed E-state index contributed by atoms with van der Waals surface area (Å²) in [7, 11) is 1.47. The van der Waals surface area contributed by atoms with Crippen LogP contribution in [-0.2, 0) is 4.79 Å². The minimum atomic E-state index is -0.171. The Kier molecular flexibility index (Phi) is 4.85. The SMILES string of the molecule is COc1c(C#N)cccc1Nc1cc(NC(=O)C2CC2)ncc1C(C)=O. The summed E-state index contributed by atoms with van der Waals surface area (Å²) in [6.07, 6.45) is 3.20. The Balaban J connectivity index is 1.96. The van der Waals surface area contributed by atoms with Crippen LogP contribution in [0.25, 0.3) is 0 Å². The number of amides is 1. The number of nitriles is 1. The van der Waals surface area contributed by atoms with Gasteiger partial charge in [-0.25, -0.2) is 4.98 Å². The van der Waals surface area contributed by atoms with Crippen molar-refractivity contribution in [3.63, 3.8) is 0 Å². The zero-order valence-corrected chi connectivity index (χ0v) is 14.5. The van der Waals surface area contributed by atoms with E-state index >= 15 is 0 Å². The first-order chi connectivity index (χ1) is 12.5. The van der Waals surface area contributed by atoms with E-state index in [0.29, 0.717) is 34.1 Å². The van der Waals surface area contributed by atoms with Crippen molar-refractivity contribution in [3.05, 3.63) is 41.6 Å². The van der Waals surface area contributed by atoms with Crippen LogP contribution >= 0.6 is 0 Å². The van der Waals surface area contributed by atoms with Crippen LogP contribution in [0, 0.1) is 17.2 Å². The van der Waals surface area contributed by atoms with Crippen LogP contribution in [0.3, 0.4) is 0 Å². The number of nitrogens with zero attached hydrogens (tertiary/aromatic N) is 2. The summed E-state index contributed by atoms with van der Waals surface area (Å²) < 4.78 is 5.32. The van der Waals surface area contributed by atoms with E-state index in [9.17, 15) is 14.9 Å². The van der Waals surface area contributed by atoms with Crippen LogP contribution in [0.2, 0.25) is 0 Å². The fourth-order valence-electron chi connectivity index (χ4n) is 2.57. The minimum absolute atomic E-state index is 0.0492. The fourth-order valence-corrected chi connectivity index (χ4v) is 2.57. The molecule has 1 aliphatic carbocycles. The summed E-state index contributed by atoms with van der Waals surface area (Å²) in [6.45, 7) is 1.44. The molecule has 7 nitrogen and oxygen atoms in total. The highest BCUT2D eigenvalue weighted by molar-refractivity contribution is 6.01. The number of aromatic nitrogens is 1. The average Bonchev–Trinajstić information content (AvgIpc) is 3.46. The van der Waals surface area contributed by atoms with Crippen LogP contribution < -0.4 is 15.4 Å². The van der Waals surface area contributed by atoms with E-state index in [0.717, 1.165) is 12.8 Å². The van der Waals surface area contributed by atoms with E-state index in [2.05, 4.69) is 21.7 Å². The Morgan fingerprint density at radius 1 is 1.31 bits per heavy atom. The predicted molar refractivity (Wildman–Crippen MR) is 96.6 cm³/mol. The molecule has 1 saturated carbocycles. The molecule has 2 N–H and O–H groups in total. The molecule has 0 radical (unpaired) electrons. The van der Waals surface area contributed by atoms with Crippen molar-refractivity contribution < 1.29 is 14.3 Å². The average molecular weight is 350 g/mol. The van der Waals surface area contributed by atoms with E-state index in [4.69, 9.17) is 4.74 Å². The summed E-state index contributed by atoms with van der Waals surface area (Å²) in [4.78, 5) is 28.0. The molecule has 1 aliphatic rings. The van der Waals surface area contributed by atoms with E-state index in [1.165, 1.54) is 20.2 Å². The van der Waals surface area contributed by atoms with E-state index in [1.807, 2.05) is 0 Å². The number of carbonyl (C=O) groups is 2. The second-order valence-corrected chi connectivity index (χ2v) is 6.06. The molecule has 0 spiro atoms. The summed E-state index contributed by atoms with van der Waals surface area (Å²) in [6, 6.07) is 8.77. The van der Waals surface area contributed by atoms with Gasteiger partial charge < -0.3 is 15.4 Å². The van der Waals surface area contributed by atoms with Crippen LogP contribution in [0.5, 0.6) is 5.75 Å². The molecule has 2 aromatic rings. The second kappa shape index (κ2) is 7.23. The summed E-state index contributed by atoms with van der Waals surface area (Å²) >= 11 is 0. The van der Waals surface area contributed by atoms with Crippen LogP contribution in [0.15, 0.2) is 30.5 Å². The lowest BCUT2D eigenvalue weighted by Crippen LogP contribution is -2.15. The van der Waals surface area contributed by atoms with Gasteiger partial charge in [-0.05, 0) is 31.9 Å². The standard InChI is InChI=1S/C19H18N4O3/c1-11(24)14-10-21-17(23-19(25)12-6-7-12)8-16(14)22-15-5-3-4-13(9-20)18(15)26-2/h3-5,8,10,12H,6-7H2,1-2H3,(H2,21,22,23,25). The lowest BCUT2D eigenvalue weighted by Gasteiger charge is -2.15. The topological polar surface area (TPSA) is 104 Å². The van der Waals surface area contributed by atoms with Crippen molar-refractivity contribution in [1.82, 2.24) is 4.98 Å². The maximum Gasteiger partial charge on any atom is 0.228 e. The van der Waals surface area contributed by atoms with Gasteiger partial charge in [-0.15, -0.1) is 0 Å². The fraction of sp³-hybridized carbons (Fsp3) is 0.263. The number of benzene rings is 1. The molecule has 26 heavy (non-hydrogen) atoms. The Morgan fingerprint density at radius 3 is 2.69 bits per heavy atom. The summed E-state index contributed by atoms with van der Waals surface area (Å²) in [5.74, 6) is 0.557. The zero-order valence-electron chi connectivity index (χ0n) is 14.5. The molecule has 7 heteroatoms. The number of methoxy groups -OCH3 is 1. The molecular formula is C19H18N4O3. The lowest BCUT2D eigenvalue weighted by atomic mass is 10.1. The second-order valence-electron chi connectivity index (χ2n) is 6.06. The Hall–Kier alpha value is -3.40. The number of nitrogens with one attached hydrogen (secondary N) is 2. The molecule has 0 aliphatic heterocycles. The molecule has 0 saturated heterocycles. The van der Waals surface area contributed by atoms with Gasteiger partial charge in [0.1, 0.15) is 11.9 Å². The first-order valence-corrected chi connectivity index (χ1v) is 8.19. The highest BCUT2D eigenvalue weighted by Gasteiger charge is 2.30. The number of ether oxygens (including phenoxy) is 1. The Morgan fingerprint density at radius 2 is 2.08 bits per heavy atom. The largest absolute Gasteiger partial charge is 0.493 e. The third-order valence-corrected chi connectivity index (χ3v) is 4.09. The monoisotopic (exact) mass is 350 g/mol. The third-order valence-electron chi connectivity index (χ3n) is 4.09. The minimum Gasteiger partial charge on any atom is -0.493 e. The number of hydrogen-bond donors (Lipinski definition) is 2. The molecule has 132 valence electrons. The number of pyridine rings is 1. The molecular weight excluding hydrogens is 332 g/mol. The number of para-hydroxylation sites is 1. The molecule has 0 atom stereocenters. The van der Waals surface area contributed by atoms with E-state index in [-0.39, 0.29) is 17.6 Å². The van der Waals surface area contributed by atoms with E-state index in [1.54, 1.807) is 24.3 Å². The smallest absolute Gasteiger partial charge is 0.228 e. The number of anilines is 3. The van der Waals surface area contributed by atoms with Gasteiger partial charge in [-0.3, -0.25) is 9.59 Å². The molecule has 3 rings (SSSR count). The first-order valence-electron chi connectivity index (χ1n) is 8.19. The Bertz CT molecular complexity index is 913. The van der Waals surface area contributed by atoms with Gasteiger partial charge in [0.2, 0.25) is 5.91 Å². The van der Waals surface area contributed by atoms with Gasteiger partial charge in [-0.2, -0.15) is 5.26 Å². The van der Waals surface area contributed by atoms with Crippen LogP contribution in [0.1, 0.15) is 35.7 Å². The number of ketones is 1. The first kappa shape index (κ1) is 17.4. The van der Waals surface area contributed by atoms with Gasteiger partial charge in [0.15, 0.2) is 11.5 Å². The molecule has 1 aromatic heterocycles. The van der Waals surface area contributed by atoms with Crippen molar-refractivity contribution in [3.8, 4) is 11.8 Å². The van der Waals surface area contributed by atoms with Crippen molar-refractivity contribution in [1.29, 1.82) is 5.26 Å². The van der Waals surface area contributed by atoms with Crippen molar-refractivity contribution in [2.75, 3.05) is 17.7 Å². The molecule has 0 bridgehead atoms. The summed E-state index contributed by atoms with van der Waals surface area (Å²) in [5, 5.41) is 15.1. The maximum atomic E-state index is 12.0. The number of rotatable bonds is 6. The van der Waals surface area contributed by atoms with Gasteiger partial charge >= 0.3 is 0 Å². The highest BCUT2D eigenvalue weighted by Crippen LogP contribution is 2.33. The number of hydrogen-bond acceptors (Lipinski definition) is 6.